The van der Waals surface area contributed by atoms with Crippen molar-refractivity contribution in [2.75, 3.05) is 27.8 Å². The summed E-state index contributed by atoms with van der Waals surface area (Å²) in [6.45, 7) is 7.98. The summed E-state index contributed by atoms with van der Waals surface area (Å²) in [5, 5.41) is 56.9. The normalized spacial score (nSPS) is 30.8. The Labute approximate surface area is 216 Å². The molecule has 0 fully saturated rings. The zero-order valence-electron chi connectivity index (χ0n) is 22.1. The highest BCUT2D eigenvalue weighted by Crippen LogP contribution is 2.58. The van der Waals surface area contributed by atoms with Crippen molar-refractivity contribution in [1.29, 1.82) is 0 Å². The zero-order valence-corrected chi connectivity index (χ0v) is 22.1. The maximum Gasteiger partial charge on any atom is 0.341 e. The number of hydrogen-bond donors (Lipinski definition) is 6. The molecule has 0 aliphatic heterocycles. The molecule has 5 unspecified atom stereocenters. The number of ketones is 1. The van der Waals surface area contributed by atoms with Crippen LogP contribution >= 0.6 is 0 Å². The predicted molar refractivity (Wildman–Crippen MR) is 136 cm³/mol. The van der Waals surface area contributed by atoms with Crippen molar-refractivity contribution in [3.8, 4) is 5.75 Å². The predicted octanol–water partition coefficient (Wildman–Crippen LogP) is 1.15. The number of phenolic OH excluding ortho intramolecular Hbond substituents is 1. The first-order valence-corrected chi connectivity index (χ1v) is 12.2. The lowest BCUT2D eigenvalue weighted by Gasteiger charge is -2.54. The smallest absolute Gasteiger partial charge is 0.341 e. The number of hydrogen-bond acceptors (Lipinski definition) is 10. The molecule has 8 atom stereocenters. The van der Waals surface area contributed by atoms with E-state index in [0.29, 0.717) is 11.1 Å². The van der Waals surface area contributed by atoms with Crippen LogP contribution in [0.25, 0.3) is 0 Å². The van der Waals surface area contributed by atoms with Crippen LogP contribution in [-0.4, -0.2) is 87.7 Å². The van der Waals surface area contributed by atoms with Gasteiger partial charge in [-0.15, -0.1) is 0 Å². The van der Waals surface area contributed by atoms with E-state index in [0.717, 1.165) is 0 Å². The van der Waals surface area contributed by atoms with E-state index in [-0.39, 0.29) is 22.6 Å². The van der Waals surface area contributed by atoms with Crippen LogP contribution in [0.3, 0.4) is 0 Å². The molecule has 0 heterocycles. The molecule has 1 aromatic carbocycles. The summed E-state index contributed by atoms with van der Waals surface area (Å²) >= 11 is 0. The number of nitrogens with zero attached hydrogens (tertiary/aromatic N) is 1. The zero-order chi connectivity index (χ0) is 28.1. The molecule has 204 valence electrons. The summed E-state index contributed by atoms with van der Waals surface area (Å²) in [6, 6.07) is 2.19. The molecule has 0 bridgehead atoms. The van der Waals surface area contributed by atoms with Gasteiger partial charge >= 0.3 is 5.97 Å². The minimum atomic E-state index is -2.62. The van der Waals surface area contributed by atoms with Gasteiger partial charge in [0.15, 0.2) is 11.4 Å². The number of esters is 1. The lowest BCUT2D eigenvalue weighted by Crippen LogP contribution is -2.66. The van der Waals surface area contributed by atoms with E-state index in [4.69, 9.17) is 10.5 Å². The Morgan fingerprint density at radius 1 is 1.24 bits per heavy atom. The van der Waals surface area contributed by atoms with E-state index < -0.39 is 71.5 Å². The third-order valence-electron chi connectivity index (χ3n) is 8.39. The molecular formula is C27H38N2O8. The Morgan fingerprint density at radius 2 is 1.84 bits per heavy atom. The number of nitrogens with two attached hydrogens (primary N) is 1. The summed E-state index contributed by atoms with van der Waals surface area (Å²) < 4.78 is 4.77. The summed E-state index contributed by atoms with van der Waals surface area (Å²) in [4.78, 5) is 27.5. The second kappa shape index (κ2) is 10.1. The van der Waals surface area contributed by atoms with E-state index >= 15 is 0 Å². The van der Waals surface area contributed by atoms with Gasteiger partial charge in [0.2, 0.25) is 0 Å². The fraction of sp³-hybridized carbons (Fsp3) is 0.556. The maximum absolute atomic E-state index is 13.7. The molecule has 0 spiro atoms. The molecule has 37 heavy (non-hydrogen) atoms. The van der Waals surface area contributed by atoms with Gasteiger partial charge in [0.05, 0.1) is 25.7 Å². The minimum Gasteiger partial charge on any atom is -0.509 e. The monoisotopic (exact) mass is 518 g/mol. The van der Waals surface area contributed by atoms with Gasteiger partial charge < -0.3 is 40.9 Å². The van der Waals surface area contributed by atoms with E-state index in [1.54, 1.807) is 38.9 Å². The number of rotatable bonds is 7. The van der Waals surface area contributed by atoms with Gasteiger partial charge in [0, 0.05) is 35.1 Å². The largest absolute Gasteiger partial charge is 0.509 e. The summed E-state index contributed by atoms with van der Waals surface area (Å²) in [7, 11) is 4.46. The van der Waals surface area contributed by atoms with Gasteiger partial charge in [0.25, 0.3) is 0 Å². The van der Waals surface area contributed by atoms with Gasteiger partial charge in [-0.3, -0.25) is 4.79 Å². The van der Waals surface area contributed by atoms with Gasteiger partial charge in [-0.1, -0.05) is 26.5 Å². The number of allylic oxidation sites excluding steroid dienone is 1. The van der Waals surface area contributed by atoms with E-state index in [9.17, 15) is 35.1 Å². The summed E-state index contributed by atoms with van der Waals surface area (Å²) in [5.41, 5.74) is 4.21. The van der Waals surface area contributed by atoms with Crippen molar-refractivity contribution in [2.24, 2.45) is 23.5 Å². The van der Waals surface area contributed by atoms with Crippen LogP contribution in [0.5, 0.6) is 5.75 Å². The van der Waals surface area contributed by atoms with Crippen LogP contribution in [0.15, 0.2) is 35.7 Å². The number of likely N-dealkylation sites (N-methyl/N-ethyl adjacent to an activating group) is 1. The SMILES string of the molecule is C=C(N)C(C)C(=O)C1(O)C(O)=C2C(C)c3c(ccc(C(=O)OC)c3O)[C@H](C)C2[C@H](O)C1[C@@H](CO)N(C)C. The molecule has 2 aliphatic rings. The lowest BCUT2D eigenvalue weighted by atomic mass is 9.55. The van der Waals surface area contributed by atoms with Crippen LogP contribution in [-0.2, 0) is 9.53 Å². The van der Waals surface area contributed by atoms with Crippen LogP contribution in [0, 0.1) is 17.8 Å². The highest BCUT2D eigenvalue weighted by molar-refractivity contribution is 5.95. The van der Waals surface area contributed by atoms with Crippen LogP contribution in [0.4, 0.5) is 0 Å². The highest BCUT2D eigenvalue weighted by atomic mass is 16.5. The van der Waals surface area contributed by atoms with Crippen molar-refractivity contribution >= 4 is 11.8 Å². The van der Waals surface area contributed by atoms with Crippen LogP contribution < -0.4 is 5.73 Å². The van der Waals surface area contributed by atoms with Crippen molar-refractivity contribution in [2.45, 2.75) is 50.4 Å². The highest BCUT2D eigenvalue weighted by Gasteiger charge is 2.63. The third-order valence-corrected chi connectivity index (χ3v) is 8.39. The van der Waals surface area contributed by atoms with Gasteiger partial charge in [-0.2, -0.15) is 0 Å². The lowest BCUT2D eigenvalue weighted by molar-refractivity contribution is -0.166. The van der Waals surface area contributed by atoms with Gasteiger partial charge in [0.1, 0.15) is 17.1 Å². The number of aromatic hydroxyl groups is 1. The molecule has 0 radical (unpaired) electrons. The number of carbonyl (C=O) groups excluding carboxylic acids is 2. The second-order valence-electron chi connectivity index (χ2n) is 10.5. The fourth-order valence-electron chi connectivity index (χ4n) is 6.23. The Bertz CT molecular complexity index is 1150. The molecular weight excluding hydrogens is 480 g/mol. The Balaban J connectivity index is 2.38. The molecule has 10 nitrogen and oxygen atoms in total. The Kier molecular flexibility index (Phi) is 7.81. The number of Topliss-reactive ketones (excluding diaryl/α,β-unsaturated/α-hetero) is 1. The first kappa shape index (κ1) is 28.6. The topological polar surface area (TPSA) is 174 Å². The first-order valence-electron chi connectivity index (χ1n) is 12.2. The third kappa shape index (κ3) is 4.12. The Hall–Kier alpha value is -2.92. The number of aliphatic hydroxyl groups excluding tert-OH is 3. The quantitative estimate of drug-likeness (QED) is 0.287. The molecule has 0 saturated carbocycles. The molecule has 0 saturated heterocycles. The number of aliphatic hydroxyl groups is 4. The van der Waals surface area contributed by atoms with E-state index in [1.807, 2.05) is 0 Å². The molecule has 10 heteroatoms. The summed E-state index contributed by atoms with van der Waals surface area (Å²) in [5.74, 6) is -7.07. The standard InChI is InChI=1S/C27H38N2O8/c1-11(14(4)28)24(33)27(36)21(17(10-30)29(5)6)23(32)19-12(2)15-8-9-16(26(35)37-7)22(31)18(15)13(3)20(19)25(27)34/h8-9,11-13,17,19,21,23,30-32,34,36H,4,10,28H2,1-3,5-7H3/t11?,12-,13?,17+,19?,21?,23-,27?/m0/s1. The van der Waals surface area contributed by atoms with Crippen LogP contribution in [0.1, 0.15) is 54.1 Å². The average molecular weight is 519 g/mol. The number of fused-ring (bicyclic) bond motifs is 2. The molecule has 0 amide bonds. The van der Waals surface area contributed by atoms with E-state index in [1.165, 1.54) is 20.1 Å². The molecule has 2 aliphatic carbocycles. The van der Waals surface area contributed by atoms with Gasteiger partial charge in [-0.05, 0) is 44.1 Å². The minimum absolute atomic E-state index is 0.0345. The van der Waals surface area contributed by atoms with Crippen molar-refractivity contribution in [3.63, 3.8) is 0 Å². The van der Waals surface area contributed by atoms with Crippen molar-refractivity contribution in [3.05, 3.63) is 52.4 Å². The van der Waals surface area contributed by atoms with Gasteiger partial charge in [-0.25, -0.2) is 4.79 Å². The second-order valence-corrected chi connectivity index (χ2v) is 10.5. The number of carbonyl (C=O) groups is 2. The number of benzene rings is 1. The van der Waals surface area contributed by atoms with E-state index in [2.05, 4.69) is 6.58 Å². The average Bonchev–Trinajstić information content (AvgIpc) is 2.85. The van der Waals surface area contributed by atoms with Crippen molar-refractivity contribution < 1.29 is 39.9 Å². The molecule has 3 rings (SSSR count). The molecule has 0 aromatic heterocycles. The number of methoxy groups -OCH3 is 1. The fourth-order valence-corrected chi connectivity index (χ4v) is 6.23. The van der Waals surface area contributed by atoms with Crippen LogP contribution in [0.2, 0.25) is 0 Å². The van der Waals surface area contributed by atoms with Crippen molar-refractivity contribution in [1.82, 2.24) is 4.90 Å². The number of phenols is 1. The molecule has 1 aromatic rings. The Morgan fingerprint density at radius 3 is 2.32 bits per heavy atom. The molecule has 7 N–H and O–H groups in total. The maximum atomic E-state index is 13.7. The first-order chi connectivity index (χ1) is 17.2. The number of ether oxygens (including phenoxy) is 1. The summed E-state index contributed by atoms with van der Waals surface area (Å²) in [6.07, 6.45) is -1.38.